The number of aliphatic hydroxyl groups is 1. The van der Waals surface area contributed by atoms with Gasteiger partial charge in [-0.2, -0.15) is 0 Å². The lowest BCUT2D eigenvalue weighted by Gasteiger charge is -2.36. The van der Waals surface area contributed by atoms with E-state index in [1.165, 1.54) is 12.8 Å². The predicted molar refractivity (Wildman–Crippen MR) is 89.6 cm³/mol. The molecule has 2 fully saturated rings. The molecule has 0 heterocycles. The van der Waals surface area contributed by atoms with Crippen LogP contribution >= 0.6 is 0 Å². The molecule has 0 aliphatic heterocycles. The van der Waals surface area contributed by atoms with Crippen molar-refractivity contribution in [1.82, 2.24) is 10.2 Å². The predicted octanol–water partition coefficient (Wildman–Crippen LogP) is 2.41. The highest BCUT2D eigenvalue weighted by Crippen LogP contribution is 2.29. The first kappa shape index (κ1) is 17.7. The van der Waals surface area contributed by atoms with Crippen LogP contribution < -0.4 is 5.32 Å². The van der Waals surface area contributed by atoms with Crippen LogP contribution in [0.5, 0.6) is 0 Å². The fourth-order valence-corrected chi connectivity index (χ4v) is 4.16. The Morgan fingerprint density at radius 1 is 1.14 bits per heavy atom. The summed E-state index contributed by atoms with van der Waals surface area (Å²) in [5.41, 5.74) is 0. The van der Waals surface area contributed by atoms with Crippen molar-refractivity contribution in [3.8, 4) is 0 Å². The summed E-state index contributed by atoms with van der Waals surface area (Å²) in [5.74, 6) is 1.95. The number of amides is 1. The minimum Gasteiger partial charge on any atom is -0.396 e. The smallest absolute Gasteiger partial charge is 0.234 e. The zero-order chi connectivity index (χ0) is 16.1. The average Bonchev–Trinajstić information content (AvgIpc) is 2.52. The van der Waals surface area contributed by atoms with Crippen LogP contribution in [0.1, 0.15) is 58.8 Å². The van der Waals surface area contributed by atoms with Gasteiger partial charge in [-0.1, -0.05) is 26.7 Å². The van der Waals surface area contributed by atoms with Crippen LogP contribution in [-0.2, 0) is 4.79 Å². The maximum absolute atomic E-state index is 12.3. The molecule has 2 N–H and O–H groups in total. The molecule has 0 aromatic heterocycles. The Labute approximate surface area is 135 Å². The van der Waals surface area contributed by atoms with Gasteiger partial charge in [-0.25, -0.2) is 0 Å². The Balaban J connectivity index is 1.74. The Morgan fingerprint density at radius 2 is 1.82 bits per heavy atom. The minimum atomic E-state index is 0.178. The van der Waals surface area contributed by atoms with E-state index < -0.39 is 0 Å². The monoisotopic (exact) mass is 310 g/mol. The van der Waals surface area contributed by atoms with Gasteiger partial charge in [0.2, 0.25) is 5.91 Å². The van der Waals surface area contributed by atoms with E-state index in [2.05, 4.69) is 31.1 Å². The van der Waals surface area contributed by atoms with E-state index in [9.17, 15) is 9.90 Å². The van der Waals surface area contributed by atoms with Gasteiger partial charge >= 0.3 is 0 Å². The molecular formula is C18H34N2O2. The summed E-state index contributed by atoms with van der Waals surface area (Å²) < 4.78 is 0. The second-order valence-corrected chi connectivity index (χ2v) is 7.71. The zero-order valence-electron chi connectivity index (χ0n) is 14.6. The summed E-state index contributed by atoms with van der Waals surface area (Å²) in [6, 6.07) is 0.853. The van der Waals surface area contributed by atoms with Crippen molar-refractivity contribution in [2.75, 3.05) is 20.2 Å². The van der Waals surface area contributed by atoms with Crippen molar-refractivity contribution in [2.24, 2.45) is 17.8 Å². The molecule has 0 bridgehead atoms. The molecule has 3 atom stereocenters. The third-order valence-corrected chi connectivity index (χ3v) is 6.14. The molecule has 4 heteroatoms. The van der Waals surface area contributed by atoms with Crippen LogP contribution in [0.15, 0.2) is 0 Å². The lowest BCUT2D eigenvalue weighted by Crippen LogP contribution is -2.48. The van der Waals surface area contributed by atoms with E-state index >= 15 is 0 Å². The van der Waals surface area contributed by atoms with E-state index in [0.717, 1.165) is 32.1 Å². The van der Waals surface area contributed by atoms with E-state index in [1.54, 1.807) is 0 Å². The quantitative estimate of drug-likeness (QED) is 0.820. The van der Waals surface area contributed by atoms with Crippen molar-refractivity contribution in [3.63, 3.8) is 0 Å². The molecule has 2 aliphatic rings. The number of likely N-dealkylation sites (N-methyl/N-ethyl adjacent to an activating group) is 1. The van der Waals surface area contributed by atoms with E-state index in [0.29, 0.717) is 43.0 Å². The maximum atomic E-state index is 12.3. The number of carbonyl (C=O) groups excluding carboxylic acids is 1. The molecule has 128 valence electrons. The van der Waals surface area contributed by atoms with Crippen LogP contribution in [0.2, 0.25) is 0 Å². The highest BCUT2D eigenvalue weighted by atomic mass is 16.3. The average molecular weight is 310 g/mol. The molecular weight excluding hydrogens is 276 g/mol. The Hall–Kier alpha value is -0.610. The summed E-state index contributed by atoms with van der Waals surface area (Å²) in [6.45, 7) is 5.39. The largest absolute Gasteiger partial charge is 0.396 e. The summed E-state index contributed by atoms with van der Waals surface area (Å²) >= 11 is 0. The van der Waals surface area contributed by atoms with Crippen molar-refractivity contribution in [1.29, 1.82) is 0 Å². The topological polar surface area (TPSA) is 52.6 Å². The SMILES string of the molecule is CC1CCCC(NC(=O)CN(C)C2CCC(CO)CC2)C1C. The van der Waals surface area contributed by atoms with Crippen molar-refractivity contribution in [2.45, 2.75) is 70.9 Å². The Kier molecular flexibility index (Phi) is 6.69. The normalized spacial score (nSPS) is 36.3. The molecule has 1 amide bonds. The van der Waals surface area contributed by atoms with Gasteiger partial charge in [0.15, 0.2) is 0 Å². The second kappa shape index (κ2) is 8.30. The maximum Gasteiger partial charge on any atom is 0.234 e. The van der Waals surface area contributed by atoms with Gasteiger partial charge in [-0.3, -0.25) is 9.69 Å². The van der Waals surface area contributed by atoms with Gasteiger partial charge in [0.1, 0.15) is 0 Å². The lowest BCUT2D eigenvalue weighted by molar-refractivity contribution is -0.124. The molecule has 2 aliphatic carbocycles. The number of hydrogen-bond donors (Lipinski definition) is 2. The molecule has 0 saturated heterocycles. The molecule has 2 saturated carbocycles. The first-order valence-corrected chi connectivity index (χ1v) is 9.11. The number of carbonyl (C=O) groups is 1. The summed E-state index contributed by atoms with van der Waals surface area (Å²) in [7, 11) is 2.07. The van der Waals surface area contributed by atoms with Gasteiger partial charge in [0, 0.05) is 18.7 Å². The van der Waals surface area contributed by atoms with E-state index in [-0.39, 0.29) is 5.91 Å². The van der Waals surface area contributed by atoms with Crippen LogP contribution in [0, 0.1) is 17.8 Å². The van der Waals surface area contributed by atoms with Gasteiger partial charge in [-0.15, -0.1) is 0 Å². The summed E-state index contributed by atoms with van der Waals surface area (Å²) in [4.78, 5) is 14.6. The van der Waals surface area contributed by atoms with Crippen molar-refractivity contribution < 1.29 is 9.90 Å². The molecule has 22 heavy (non-hydrogen) atoms. The number of hydrogen-bond acceptors (Lipinski definition) is 3. The van der Waals surface area contributed by atoms with E-state index in [1.807, 2.05) is 0 Å². The minimum absolute atomic E-state index is 0.178. The van der Waals surface area contributed by atoms with Crippen molar-refractivity contribution in [3.05, 3.63) is 0 Å². The van der Waals surface area contributed by atoms with Crippen LogP contribution in [0.25, 0.3) is 0 Å². The highest BCUT2D eigenvalue weighted by molar-refractivity contribution is 5.78. The molecule has 0 spiro atoms. The number of nitrogens with one attached hydrogen (secondary N) is 1. The second-order valence-electron chi connectivity index (χ2n) is 7.71. The highest BCUT2D eigenvalue weighted by Gasteiger charge is 2.29. The first-order chi connectivity index (χ1) is 10.5. The van der Waals surface area contributed by atoms with Crippen LogP contribution in [-0.4, -0.2) is 48.2 Å². The lowest BCUT2D eigenvalue weighted by atomic mass is 9.78. The molecule has 4 nitrogen and oxygen atoms in total. The third-order valence-electron chi connectivity index (χ3n) is 6.14. The standard InChI is InChI=1S/C18H34N2O2/c1-13-5-4-6-17(14(13)2)19-18(22)11-20(3)16-9-7-15(12-21)8-10-16/h13-17,21H,4-12H2,1-3H3,(H,19,22). The van der Waals surface area contributed by atoms with Crippen LogP contribution in [0.3, 0.4) is 0 Å². The summed E-state index contributed by atoms with van der Waals surface area (Å²) in [6.07, 6.45) is 8.04. The van der Waals surface area contributed by atoms with Crippen LogP contribution in [0.4, 0.5) is 0 Å². The molecule has 0 aromatic carbocycles. The van der Waals surface area contributed by atoms with Crippen molar-refractivity contribution >= 4 is 5.91 Å². The van der Waals surface area contributed by atoms with Gasteiger partial charge in [0.25, 0.3) is 0 Å². The zero-order valence-corrected chi connectivity index (χ0v) is 14.6. The fraction of sp³-hybridized carbons (Fsp3) is 0.944. The molecule has 2 rings (SSSR count). The van der Waals surface area contributed by atoms with Gasteiger partial charge in [0.05, 0.1) is 6.54 Å². The first-order valence-electron chi connectivity index (χ1n) is 9.11. The molecule has 0 aromatic rings. The number of nitrogens with zero attached hydrogens (tertiary/aromatic N) is 1. The Bertz CT molecular complexity index is 353. The fourth-order valence-electron chi connectivity index (χ4n) is 4.16. The Morgan fingerprint density at radius 3 is 2.45 bits per heavy atom. The van der Waals surface area contributed by atoms with Gasteiger partial charge < -0.3 is 10.4 Å². The third kappa shape index (κ3) is 4.69. The van der Waals surface area contributed by atoms with E-state index in [4.69, 9.17) is 0 Å². The number of rotatable bonds is 5. The van der Waals surface area contributed by atoms with Gasteiger partial charge in [-0.05, 0) is 56.9 Å². The summed E-state index contributed by atoms with van der Waals surface area (Å²) in [5, 5.41) is 12.5. The molecule has 3 unspecified atom stereocenters. The molecule has 0 radical (unpaired) electrons. The number of aliphatic hydroxyl groups excluding tert-OH is 1.